The van der Waals surface area contributed by atoms with Crippen LogP contribution in [0, 0.1) is 0 Å². The van der Waals surface area contributed by atoms with Gasteiger partial charge in [-0.2, -0.15) is 0 Å². The zero-order chi connectivity index (χ0) is 12.1. The third-order valence-corrected chi connectivity index (χ3v) is 2.82. The average Bonchev–Trinajstić information content (AvgIpc) is 2.25. The molecule has 0 N–H and O–H groups in total. The Kier molecular flexibility index (Phi) is 4.85. The zero-order valence-corrected chi connectivity index (χ0v) is 10.9. The maximum Gasteiger partial charge on any atom is 0.0495 e. The van der Waals surface area contributed by atoms with Crippen LogP contribution in [-0.4, -0.2) is 0 Å². The van der Waals surface area contributed by atoms with E-state index in [1.165, 1.54) is 0 Å². The molecule has 84 valence electrons. The van der Waals surface area contributed by atoms with Crippen molar-refractivity contribution in [3.8, 4) is 0 Å². The van der Waals surface area contributed by atoms with Crippen molar-refractivity contribution >= 4 is 28.8 Å². The molecule has 0 nitrogen and oxygen atoms in total. The van der Waals surface area contributed by atoms with E-state index in [2.05, 4.69) is 6.58 Å². The lowest BCUT2D eigenvalue weighted by Crippen LogP contribution is -1.81. The van der Waals surface area contributed by atoms with E-state index in [0.717, 1.165) is 16.7 Å². The predicted octanol–water partition coefficient (Wildman–Crippen LogP) is 5.53. The van der Waals surface area contributed by atoms with Crippen LogP contribution in [0.3, 0.4) is 0 Å². The molecule has 1 rings (SSSR count). The topological polar surface area (TPSA) is 0 Å². The maximum atomic E-state index is 6.11. The highest BCUT2D eigenvalue weighted by Gasteiger charge is 2.01. The molecule has 0 amide bonds. The molecule has 0 spiro atoms. The Morgan fingerprint density at radius 2 is 1.88 bits per heavy atom. The van der Waals surface area contributed by atoms with Crippen molar-refractivity contribution in [1.29, 1.82) is 0 Å². The van der Waals surface area contributed by atoms with Crippen LogP contribution in [0.25, 0.3) is 5.57 Å². The minimum Gasteiger partial charge on any atom is -0.0988 e. The molecule has 0 unspecified atom stereocenters. The number of benzene rings is 1. The highest BCUT2D eigenvalue weighted by molar-refractivity contribution is 6.35. The van der Waals surface area contributed by atoms with Crippen LogP contribution >= 0.6 is 23.2 Å². The van der Waals surface area contributed by atoms with Gasteiger partial charge >= 0.3 is 0 Å². The second kappa shape index (κ2) is 5.93. The standard InChI is InChI=1S/C14H14Cl2/c1-4-10(2)5-6-11(3)13-8-7-12(15)9-14(13)16/h4-9H,1H2,2-3H3/b10-5-,11-6+. The summed E-state index contributed by atoms with van der Waals surface area (Å²) in [7, 11) is 0. The van der Waals surface area contributed by atoms with E-state index < -0.39 is 0 Å². The Balaban J connectivity index is 3.05. The van der Waals surface area contributed by atoms with Gasteiger partial charge in [-0.05, 0) is 37.1 Å². The third-order valence-electron chi connectivity index (χ3n) is 2.27. The molecular weight excluding hydrogens is 239 g/mol. The van der Waals surface area contributed by atoms with E-state index in [1.54, 1.807) is 6.07 Å². The molecule has 0 saturated carbocycles. The lowest BCUT2D eigenvalue weighted by molar-refractivity contribution is 1.52. The van der Waals surface area contributed by atoms with Crippen LogP contribution in [0.4, 0.5) is 0 Å². The molecule has 0 aliphatic rings. The fraction of sp³-hybridized carbons (Fsp3) is 0.143. The molecule has 16 heavy (non-hydrogen) atoms. The SMILES string of the molecule is C=C/C(C)=C\C=C(/C)c1ccc(Cl)cc1Cl. The largest absolute Gasteiger partial charge is 0.0988 e. The van der Waals surface area contributed by atoms with Gasteiger partial charge in [-0.1, -0.05) is 59.6 Å². The summed E-state index contributed by atoms with van der Waals surface area (Å²) in [5.41, 5.74) is 3.21. The van der Waals surface area contributed by atoms with E-state index in [9.17, 15) is 0 Å². The summed E-state index contributed by atoms with van der Waals surface area (Å²) < 4.78 is 0. The lowest BCUT2D eigenvalue weighted by atomic mass is 10.1. The molecule has 2 heteroatoms. The third kappa shape index (κ3) is 3.55. The summed E-state index contributed by atoms with van der Waals surface area (Å²) in [6.45, 7) is 7.72. The Bertz CT molecular complexity index is 454. The van der Waals surface area contributed by atoms with Crippen molar-refractivity contribution in [2.45, 2.75) is 13.8 Å². The number of hydrogen-bond acceptors (Lipinski definition) is 0. The maximum absolute atomic E-state index is 6.11. The molecule has 1 aromatic rings. The summed E-state index contributed by atoms with van der Waals surface area (Å²) in [4.78, 5) is 0. The molecule has 0 saturated heterocycles. The Hall–Kier alpha value is -0.980. The summed E-state index contributed by atoms with van der Waals surface area (Å²) in [5, 5.41) is 1.32. The van der Waals surface area contributed by atoms with Crippen LogP contribution in [-0.2, 0) is 0 Å². The summed E-state index contributed by atoms with van der Waals surface area (Å²) >= 11 is 11.9. The van der Waals surface area contributed by atoms with Gasteiger partial charge in [-0.3, -0.25) is 0 Å². The van der Waals surface area contributed by atoms with Gasteiger partial charge in [0.1, 0.15) is 0 Å². The minimum absolute atomic E-state index is 0.652. The summed E-state index contributed by atoms with van der Waals surface area (Å²) in [5.74, 6) is 0. The Morgan fingerprint density at radius 1 is 1.19 bits per heavy atom. The van der Waals surface area contributed by atoms with Crippen molar-refractivity contribution in [2.24, 2.45) is 0 Å². The van der Waals surface area contributed by atoms with Crippen molar-refractivity contribution < 1.29 is 0 Å². The van der Waals surface area contributed by atoms with Crippen molar-refractivity contribution in [1.82, 2.24) is 0 Å². The first-order valence-electron chi connectivity index (χ1n) is 4.97. The van der Waals surface area contributed by atoms with Gasteiger partial charge in [-0.15, -0.1) is 0 Å². The fourth-order valence-electron chi connectivity index (χ4n) is 1.22. The van der Waals surface area contributed by atoms with Gasteiger partial charge < -0.3 is 0 Å². The van der Waals surface area contributed by atoms with Gasteiger partial charge in [0.15, 0.2) is 0 Å². The second-order valence-electron chi connectivity index (χ2n) is 3.59. The van der Waals surface area contributed by atoms with Gasteiger partial charge in [0.2, 0.25) is 0 Å². The first kappa shape index (κ1) is 13.1. The number of halogens is 2. The van der Waals surface area contributed by atoms with Crippen LogP contribution in [0.5, 0.6) is 0 Å². The predicted molar refractivity (Wildman–Crippen MR) is 74.1 cm³/mol. The van der Waals surface area contributed by atoms with Crippen LogP contribution in [0.15, 0.2) is 48.6 Å². The fourth-order valence-corrected chi connectivity index (χ4v) is 1.78. The first-order valence-corrected chi connectivity index (χ1v) is 5.73. The number of rotatable bonds is 3. The van der Waals surface area contributed by atoms with E-state index in [1.807, 2.05) is 44.2 Å². The lowest BCUT2D eigenvalue weighted by Gasteiger charge is -2.04. The Labute approximate surface area is 107 Å². The summed E-state index contributed by atoms with van der Waals surface area (Å²) in [6.07, 6.45) is 5.84. The Morgan fingerprint density at radius 3 is 2.44 bits per heavy atom. The molecule has 0 radical (unpaired) electrons. The number of allylic oxidation sites excluding steroid dienone is 5. The van der Waals surface area contributed by atoms with E-state index >= 15 is 0 Å². The monoisotopic (exact) mass is 252 g/mol. The highest BCUT2D eigenvalue weighted by Crippen LogP contribution is 2.26. The van der Waals surface area contributed by atoms with Gasteiger partial charge in [0.05, 0.1) is 0 Å². The van der Waals surface area contributed by atoms with Gasteiger partial charge in [0.25, 0.3) is 0 Å². The van der Waals surface area contributed by atoms with Crippen LogP contribution < -0.4 is 0 Å². The molecule has 0 heterocycles. The average molecular weight is 253 g/mol. The smallest absolute Gasteiger partial charge is 0.0495 e. The van der Waals surface area contributed by atoms with Gasteiger partial charge in [0, 0.05) is 10.0 Å². The quantitative estimate of drug-likeness (QED) is 0.621. The molecular formula is C14H14Cl2. The molecule has 0 aromatic heterocycles. The first-order chi connectivity index (χ1) is 7.54. The van der Waals surface area contributed by atoms with Crippen molar-refractivity contribution in [3.63, 3.8) is 0 Å². The zero-order valence-electron chi connectivity index (χ0n) is 9.43. The highest BCUT2D eigenvalue weighted by atomic mass is 35.5. The van der Waals surface area contributed by atoms with Crippen LogP contribution in [0.2, 0.25) is 10.0 Å². The van der Waals surface area contributed by atoms with E-state index in [-0.39, 0.29) is 0 Å². The molecule has 0 atom stereocenters. The molecule has 0 bridgehead atoms. The minimum atomic E-state index is 0.652. The van der Waals surface area contributed by atoms with Gasteiger partial charge in [-0.25, -0.2) is 0 Å². The molecule has 0 aliphatic heterocycles. The molecule has 1 aromatic carbocycles. The van der Waals surface area contributed by atoms with E-state index in [0.29, 0.717) is 10.0 Å². The second-order valence-corrected chi connectivity index (χ2v) is 4.43. The van der Waals surface area contributed by atoms with Crippen molar-refractivity contribution in [3.05, 3.63) is 64.2 Å². The number of hydrogen-bond donors (Lipinski definition) is 0. The van der Waals surface area contributed by atoms with Crippen molar-refractivity contribution in [2.75, 3.05) is 0 Å². The van der Waals surface area contributed by atoms with E-state index in [4.69, 9.17) is 23.2 Å². The molecule has 0 fully saturated rings. The molecule has 0 aliphatic carbocycles. The normalized spacial score (nSPS) is 12.8. The summed E-state index contributed by atoms with van der Waals surface area (Å²) in [6, 6.07) is 5.51. The van der Waals surface area contributed by atoms with Crippen LogP contribution in [0.1, 0.15) is 19.4 Å².